The normalized spacial score (nSPS) is 17.6. The molecule has 6 N–H and O–H groups in total. The highest BCUT2D eigenvalue weighted by molar-refractivity contribution is 7.13. The molecule has 4 atom stereocenters. The summed E-state index contributed by atoms with van der Waals surface area (Å²) in [6.45, 7) is 11.3. The first kappa shape index (κ1) is 51.8. The second kappa shape index (κ2) is 23.3. The summed E-state index contributed by atoms with van der Waals surface area (Å²) >= 11 is 1.57. The van der Waals surface area contributed by atoms with E-state index in [-0.39, 0.29) is 75.3 Å². The van der Waals surface area contributed by atoms with Crippen LogP contribution >= 0.6 is 11.3 Å². The van der Waals surface area contributed by atoms with E-state index in [1.807, 2.05) is 94.9 Å². The number of aromatic nitrogens is 5. The summed E-state index contributed by atoms with van der Waals surface area (Å²) in [5, 5.41) is 27.4. The van der Waals surface area contributed by atoms with Gasteiger partial charge < -0.3 is 45.7 Å². The number of imidazole rings is 1. The SMILES string of the molecule is Cc1ncsc1-c1ccc(CNC(=O)[C@@H]2C[C@@H](O)CN2C(=O)[C@@H](NC(=O)CCOCCOCCNC(=O)CC2CCN(Cc3nc4cc(NC(=O)c5ccc6c(cnn6C)c5)ccc4[nH]3)C2)C(C)(C)C)cc1. The number of thiazole rings is 1. The van der Waals surface area contributed by atoms with Gasteiger partial charge in [-0.05, 0) is 78.7 Å². The number of fused-ring (bicyclic) bond motifs is 2. The maximum absolute atomic E-state index is 14.0. The lowest BCUT2D eigenvalue weighted by molar-refractivity contribution is -0.144. The Morgan fingerprint density at radius 1 is 0.944 bits per heavy atom. The summed E-state index contributed by atoms with van der Waals surface area (Å²) < 4.78 is 13.0. The number of carbonyl (C=O) groups is 5. The molecule has 1 unspecified atom stereocenters. The number of anilines is 1. The van der Waals surface area contributed by atoms with Gasteiger partial charge in [-0.3, -0.25) is 33.6 Å². The minimum atomic E-state index is -0.942. The molecule has 0 aliphatic carbocycles. The maximum Gasteiger partial charge on any atom is 0.255 e. The van der Waals surface area contributed by atoms with Crippen molar-refractivity contribution in [3.05, 3.63) is 95.0 Å². The summed E-state index contributed by atoms with van der Waals surface area (Å²) in [5.41, 5.74) is 7.81. The molecule has 2 saturated heterocycles. The number of ether oxygens (including phenoxy) is 2. The molecule has 2 aliphatic heterocycles. The fourth-order valence-corrected chi connectivity index (χ4v) is 10.1. The number of β-amino-alcohol motifs (C(OH)–C–C–N with tert-alkyl or cyclic N) is 1. The molecule has 2 fully saturated rings. The Balaban J connectivity index is 0.680. The molecule has 8 rings (SSSR count). The summed E-state index contributed by atoms with van der Waals surface area (Å²) in [4.78, 5) is 83.5. The van der Waals surface area contributed by atoms with Crippen LogP contribution in [0.5, 0.6) is 0 Å². The third-order valence-electron chi connectivity index (χ3n) is 13.1. The Morgan fingerprint density at radius 3 is 2.50 bits per heavy atom. The van der Waals surface area contributed by atoms with Crippen LogP contribution in [-0.4, -0.2) is 140 Å². The predicted molar refractivity (Wildman–Crippen MR) is 274 cm³/mol. The Morgan fingerprint density at radius 2 is 1.74 bits per heavy atom. The second-order valence-electron chi connectivity index (χ2n) is 19.8. The molecule has 5 amide bonds. The zero-order chi connectivity index (χ0) is 50.9. The van der Waals surface area contributed by atoms with E-state index in [2.05, 4.69) is 41.2 Å². The summed E-state index contributed by atoms with van der Waals surface area (Å²) in [5.74, 6) is -0.371. The smallest absolute Gasteiger partial charge is 0.255 e. The molecule has 0 bridgehead atoms. The maximum atomic E-state index is 14.0. The zero-order valence-electron chi connectivity index (χ0n) is 41.5. The topological polar surface area (TPSA) is 238 Å². The Kier molecular flexibility index (Phi) is 16.8. The molecule has 3 aromatic carbocycles. The highest BCUT2D eigenvalue weighted by Gasteiger charge is 2.44. The van der Waals surface area contributed by atoms with Crippen LogP contribution < -0.4 is 21.3 Å². The van der Waals surface area contributed by atoms with Crippen molar-refractivity contribution in [2.75, 3.05) is 57.9 Å². The van der Waals surface area contributed by atoms with Gasteiger partial charge in [0.05, 0.1) is 77.9 Å². The number of aryl methyl sites for hydroxylation is 2. The van der Waals surface area contributed by atoms with Gasteiger partial charge in [0, 0.05) is 69.1 Å². The van der Waals surface area contributed by atoms with E-state index in [0.717, 1.165) is 69.0 Å². The Labute approximate surface area is 422 Å². The number of aliphatic hydroxyl groups is 1. The van der Waals surface area contributed by atoms with E-state index in [1.54, 1.807) is 28.3 Å². The van der Waals surface area contributed by atoms with Gasteiger partial charge in [0.1, 0.15) is 17.9 Å². The van der Waals surface area contributed by atoms with Gasteiger partial charge in [0.15, 0.2) is 0 Å². The van der Waals surface area contributed by atoms with Crippen molar-refractivity contribution in [1.82, 2.24) is 50.5 Å². The molecule has 2 aliphatic rings. The first-order valence-electron chi connectivity index (χ1n) is 24.5. The van der Waals surface area contributed by atoms with Crippen molar-refractivity contribution in [2.45, 2.75) is 84.7 Å². The fraction of sp³-hybridized carbons (Fsp3) is 0.462. The molecule has 3 aromatic heterocycles. The van der Waals surface area contributed by atoms with Crippen LogP contribution in [0.3, 0.4) is 0 Å². The van der Waals surface area contributed by atoms with E-state index in [0.29, 0.717) is 37.4 Å². The molecule has 20 heteroatoms. The van der Waals surface area contributed by atoms with Crippen LogP contribution in [-0.2, 0) is 48.8 Å². The molecule has 0 spiro atoms. The minimum Gasteiger partial charge on any atom is -0.391 e. The largest absolute Gasteiger partial charge is 0.391 e. The van der Waals surface area contributed by atoms with Crippen LogP contribution in [0.2, 0.25) is 0 Å². The molecule has 0 saturated carbocycles. The average molecular weight is 1000 g/mol. The molecule has 382 valence electrons. The molecule has 19 nitrogen and oxygen atoms in total. The summed E-state index contributed by atoms with van der Waals surface area (Å²) in [6, 6.07) is 17.2. The monoisotopic (exact) mass is 1000 g/mol. The van der Waals surface area contributed by atoms with E-state index < -0.39 is 29.5 Å². The van der Waals surface area contributed by atoms with Crippen molar-refractivity contribution >= 4 is 68.5 Å². The van der Waals surface area contributed by atoms with Crippen LogP contribution in [0.1, 0.15) is 73.9 Å². The molecular formula is C52H65N11O8S. The van der Waals surface area contributed by atoms with Crippen LogP contribution in [0.4, 0.5) is 5.69 Å². The van der Waals surface area contributed by atoms with Gasteiger partial charge in [-0.1, -0.05) is 45.0 Å². The summed E-state index contributed by atoms with van der Waals surface area (Å²) in [7, 11) is 1.86. The van der Waals surface area contributed by atoms with Crippen molar-refractivity contribution in [2.24, 2.45) is 18.4 Å². The first-order valence-corrected chi connectivity index (χ1v) is 25.4. The predicted octanol–water partition coefficient (Wildman–Crippen LogP) is 4.69. The van der Waals surface area contributed by atoms with Crippen LogP contribution in [0, 0.1) is 18.3 Å². The highest BCUT2D eigenvalue weighted by Crippen LogP contribution is 2.29. The van der Waals surface area contributed by atoms with E-state index >= 15 is 0 Å². The number of nitrogens with zero attached hydrogens (tertiary/aromatic N) is 6. The quantitative estimate of drug-likeness (QED) is 0.0539. The lowest BCUT2D eigenvalue weighted by Crippen LogP contribution is -2.57. The third kappa shape index (κ3) is 13.3. The van der Waals surface area contributed by atoms with Crippen molar-refractivity contribution < 1.29 is 38.6 Å². The van der Waals surface area contributed by atoms with Crippen molar-refractivity contribution in [3.63, 3.8) is 0 Å². The van der Waals surface area contributed by atoms with Crippen molar-refractivity contribution in [1.29, 1.82) is 0 Å². The average Bonchev–Trinajstić information content (AvgIpc) is 4.21. The van der Waals surface area contributed by atoms with E-state index in [4.69, 9.17) is 14.5 Å². The number of aliphatic hydroxyl groups excluding tert-OH is 1. The number of nitrogens with one attached hydrogen (secondary N) is 5. The second-order valence-corrected chi connectivity index (χ2v) is 20.6. The third-order valence-corrected chi connectivity index (χ3v) is 14.1. The summed E-state index contributed by atoms with van der Waals surface area (Å²) in [6.07, 6.45) is 2.30. The minimum absolute atomic E-state index is 0.00879. The Bertz CT molecular complexity index is 2870. The number of hydrogen-bond acceptors (Lipinski definition) is 13. The molecular weight excluding hydrogens is 939 g/mol. The van der Waals surface area contributed by atoms with E-state index in [1.165, 1.54) is 4.90 Å². The number of amides is 5. The fourth-order valence-electron chi connectivity index (χ4n) is 9.25. The zero-order valence-corrected chi connectivity index (χ0v) is 42.4. The molecule has 0 radical (unpaired) electrons. The van der Waals surface area contributed by atoms with Gasteiger partial charge in [-0.25, -0.2) is 9.97 Å². The van der Waals surface area contributed by atoms with E-state index in [9.17, 15) is 29.1 Å². The number of hydrogen-bond donors (Lipinski definition) is 6. The molecule has 5 heterocycles. The van der Waals surface area contributed by atoms with Crippen LogP contribution in [0.25, 0.3) is 32.4 Å². The number of H-pyrrole nitrogens is 1. The lowest BCUT2D eigenvalue weighted by Gasteiger charge is -2.35. The first-order chi connectivity index (χ1) is 34.6. The van der Waals surface area contributed by atoms with Gasteiger partial charge in [0.2, 0.25) is 23.6 Å². The van der Waals surface area contributed by atoms with Gasteiger partial charge in [-0.15, -0.1) is 11.3 Å². The van der Waals surface area contributed by atoms with Crippen molar-refractivity contribution in [3.8, 4) is 10.4 Å². The number of likely N-dealkylation sites (tertiary alicyclic amines) is 2. The highest BCUT2D eigenvalue weighted by atomic mass is 32.1. The lowest BCUT2D eigenvalue weighted by atomic mass is 9.85. The van der Waals surface area contributed by atoms with Gasteiger partial charge in [0.25, 0.3) is 5.91 Å². The molecule has 72 heavy (non-hydrogen) atoms. The Hall–Kier alpha value is -6.58. The molecule has 6 aromatic rings. The number of carbonyl (C=O) groups excluding carboxylic acids is 5. The van der Waals surface area contributed by atoms with Gasteiger partial charge >= 0.3 is 0 Å². The number of rotatable bonds is 21. The number of benzene rings is 3. The van der Waals surface area contributed by atoms with Gasteiger partial charge in [-0.2, -0.15) is 5.10 Å². The standard InChI is InChI=1S/C52H65N11O8S/c1-32-47(72-31-55-32)35-8-6-33(7-9-35)26-54-50(68)43-25-39(64)29-63(43)51(69)48(52(2,3)4)60-45(65)15-18-70-20-21-71-19-16-53-46(66)22-34-14-17-62(28-34)30-44-58-40-12-11-38(24-41(40)59-44)57-49(67)36-10-13-42-37(23-36)27-56-61(42)5/h6-13,23-24,27,31,34,39,43,48,64H,14-22,25-26,28-30H2,1-5H3,(H,53,66)(H,54,68)(H,57,67)(H,58,59)(H,60,65)/t34?,39-,43+,48-/m1/s1. The van der Waals surface area contributed by atoms with Crippen LogP contribution in [0.15, 0.2) is 72.4 Å². The number of aromatic amines is 1.